The fourth-order valence-corrected chi connectivity index (χ4v) is 8.05. The van der Waals surface area contributed by atoms with E-state index in [0.29, 0.717) is 0 Å². The van der Waals surface area contributed by atoms with E-state index in [2.05, 4.69) is 191 Å². The summed E-state index contributed by atoms with van der Waals surface area (Å²) in [4.78, 5) is 10.5. The van der Waals surface area contributed by atoms with Gasteiger partial charge in [0.2, 0.25) is 0 Å². The highest BCUT2D eigenvalue weighted by atomic mass is 15.0. The van der Waals surface area contributed by atoms with E-state index in [1.54, 1.807) is 0 Å². The van der Waals surface area contributed by atoms with Crippen molar-refractivity contribution in [1.82, 2.24) is 19.1 Å². The van der Waals surface area contributed by atoms with Gasteiger partial charge in [-0.15, -0.1) is 0 Å². The maximum atomic E-state index is 5.23. The van der Waals surface area contributed by atoms with Crippen molar-refractivity contribution in [3.05, 3.63) is 182 Å². The third-order valence-electron chi connectivity index (χ3n) is 10.5. The first-order valence-electron chi connectivity index (χ1n) is 17.7. The molecule has 0 radical (unpaired) electrons. The van der Waals surface area contributed by atoms with E-state index in [1.165, 1.54) is 43.6 Å². The first kappa shape index (κ1) is 28.8. The number of rotatable bonds is 4. The first-order valence-corrected chi connectivity index (χ1v) is 17.7. The molecule has 11 aromatic rings. The number of hydrogen-bond donors (Lipinski definition) is 0. The lowest BCUT2D eigenvalue weighted by molar-refractivity contribution is 1.18. The molecule has 0 aliphatic carbocycles. The van der Waals surface area contributed by atoms with Gasteiger partial charge in [-0.2, -0.15) is 0 Å². The Morgan fingerprint density at radius 1 is 0.288 bits per heavy atom. The summed E-state index contributed by atoms with van der Waals surface area (Å²) >= 11 is 0. The Hall–Kier alpha value is -7.04. The summed E-state index contributed by atoms with van der Waals surface area (Å²) in [5, 5.41) is 7.19. The number of fused-ring (bicyclic) bond motifs is 9. The topological polar surface area (TPSA) is 35.6 Å². The van der Waals surface area contributed by atoms with Crippen LogP contribution >= 0.6 is 0 Å². The number of para-hydroxylation sites is 4. The summed E-state index contributed by atoms with van der Waals surface area (Å²) in [6.45, 7) is 0. The standard InChI is InChI=1S/C48H30N4/c1-5-13-43-37(9-1)38-10-2-6-14-44(38)51(43)35-25-19-31(20-26-35)41-29-23-33-17-18-34-24-30-42(50-48(34)47(33)49-41)32-21-27-36(28-22-32)52-45-15-7-3-11-39(45)40-12-4-8-16-46(40)52/h1-30H. The monoisotopic (exact) mass is 662 g/mol. The molecule has 0 N–H and O–H groups in total. The quantitative estimate of drug-likeness (QED) is 0.176. The van der Waals surface area contributed by atoms with E-state index in [-0.39, 0.29) is 0 Å². The van der Waals surface area contributed by atoms with Crippen LogP contribution < -0.4 is 0 Å². The van der Waals surface area contributed by atoms with Gasteiger partial charge in [0.15, 0.2) is 0 Å². The van der Waals surface area contributed by atoms with Crippen LogP contribution in [0.25, 0.3) is 99.3 Å². The summed E-state index contributed by atoms with van der Waals surface area (Å²) in [6.07, 6.45) is 0. The smallest absolute Gasteiger partial charge is 0.0972 e. The molecule has 52 heavy (non-hydrogen) atoms. The van der Waals surface area contributed by atoms with Crippen LogP contribution in [0.2, 0.25) is 0 Å². The third-order valence-corrected chi connectivity index (χ3v) is 10.5. The van der Waals surface area contributed by atoms with E-state index in [4.69, 9.17) is 9.97 Å². The van der Waals surface area contributed by atoms with Gasteiger partial charge >= 0.3 is 0 Å². The van der Waals surface area contributed by atoms with Crippen molar-refractivity contribution < 1.29 is 0 Å². The van der Waals surface area contributed by atoms with Gasteiger partial charge in [0, 0.05) is 54.8 Å². The minimum Gasteiger partial charge on any atom is -0.309 e. The van der Waals surface area contributed by atoms with Crippen LogP contribution in [0.5, 0.6) is 0 Å². The van der Waals surface area contributed by atoms with Crippen molar-refractivity contribution >= 4 is 65.4 Å². The second kappa shape index (κ2) is 11.2. The van der Waals surface area contributed by atoms with Crippen LogP contribution in [-0.2, 0) is 0 Å². The van der Waals surface area contributed by atoms with Gasteiger partial charge in [0.05, 0.1) is 44.5 Å². The highest BCUT2D eigenvalue weighted by Crippen LogP contribution is 2.35. The SMILES string of the molecule is c1ccc2c(c1)c1ccccc1n2-c1ccc(-c2ccc3ccc4ccc(-c5ccc(-n6c7ccccc7c7ccccc76)cc5)nc4c3n2)cc1. The first-order chi connectivity index (χ1) is 25.8. The maximum absolute atomic E-state index is 5.23. The highest BCUT2D eigenvalue weighted by molar-refractivity contribution is 6.10. The van der Waals surface area contributed by atoms with Crippen LogP contribution in [0.1, 0.15) is 0 Å². The Kier molecular flexibility index (Phi) is 6.22. The zero-order valence-electron chi connectivity index (χ0n) is 28.1. The van der Waals surface area contributed by atoms with Gasteiger partial charge in [0.25, 0.3) is 0 Å². The lowest BCUT2D eigenvalue weighted by atomic mass is 10.1. The molecule has 4 heteroatoms. The summed E-state index contributed by atoms with van der Waals surface area (Å²) in [7, 11) is 0. The van der Waals surface area contributed by atoms with E-state index >= 15 is 0 Å². The van der Waals surface area contributed by atoms with Crippen LogP contribution in [-0.4, -0.2) is 19.1 Å². The molecule has 0 spiro atoms. The van der Waals surface area contributed by atoms with Crippen LogP contribution in [0.3, 0.4) is 0 Å². The van der Waals surface area contributed by atoms with Crippen molar-refractivity contribution in [3.63, 3.8) is 0 Å². The molecule has 0 atom stereocenters. The van der Waals surface area contributed by atoms with Crippen molar-refractivity contribution in [1.29, 1.82) is 0 Å². The third kappa shape index (κ3) is 4.34. The van der Waals surface area contributed by atoms with Crippen molar-refractivity contribution in [3.8, 4) is 33.9 Å². The van der Waals surface area contributed by atoms with Gasteiger partial charge in [-0.1, -0.05) is 121 Å². The van der Waals surface area contributed by atoms with Gasteiger partial charge in [0.1, 0.15) is 0 Å². The molecule has 0 saturated carbocycles. The van der Waals surface area contributed by atoms with Crippen molar-refractivity contribution in [2.24, 2.45) is 0 Å². The Bertz CT molecular complexity index is 2840. The van der Waals surface area contributed by atoms with Crippen LogP contribution in [0, 0.1) is 0 Å². The molecule has 0 bridgehead atoms. The molecule has 0 aliphatic rings. The summed E-state index contributed by atoms with van der Waals surface area (Å²) in [6, 6.07) is 64.8. The molecule has 4 aromatic heterocycles. The second-order valence-corrected chi connectivity index (χ2v) is 13.4. The minimum absolute atomic E-state index is 0.908. The minimum atomic E-state index is 0.908. The van der Waals surface area contributed by atoms with E-state index in [1.807, 2.05) is 0 Å². The molecule has 4 nitrogen and oxygen atoms in total. The van der Waals surface area contributed by atoms with Gasteiger partial charge in [-0.3, -0.25) is 0 Å². The molecule has 4 heterocycles. The van der Waals surface area contributed by atoms with Gasteiger partial charge < -0.3 is 9.13 Å². The van der Waals surface area contributed by atoms with Crippen molar-refractivity contribution in [2.45, 2.75) is 0 Å². The second-order valence-electron chi connectivity index (χ2n) is 13.4. The van der Waals surface area contributed by atoms with Crippen LogP contribution in [0.4, 0.5) is 0 Å². The predicted molar refractivity (Wildman–Crippen MR) is 217 cm³/mol. The molecular formula is C48H30N4. The molecule has 7 aromatic carbocycles. The van der Waals surface area contributed by atoms with Crippen LogP contribution in [0.15, 0.2) is 182 Å². The molecule has 0 fully saturated rings. The number of aromatic nitrogens is 4. The normalized spacial score (nSPS) is 11.8. The highest BCUT2D eigenvalue weighted by Gasteiger charge is 2.14. The lowest BCUT2D eigenvalue weighted by Crippen LogP contribution is -1.95. The number of nitrogens with zero attached hydrogens (tertiary/aromatic N) is 4. The fraction of sp³-hybridized carbons (Fsp3) is 0. The number of benzene rings is 7. The largest absolute Gasteiger partial charge is 0.309 e. The van der Waals surface area contributed by atoms with E-state index in [9.17, 15) is 0 Å². The zero-order chi connectivity index (χ0) is 34.2. The molecule has 0 unspecified atom stereocenters. The average molecular weight is 663 g/mol. The zero-order valence-corrected chi connectivity index (χ0v) is 28.1. The van der Waals surface area contributed by atoms with E-state index < -0.39 is 0 Å². The summed E-state index contributed by atoms with van der Waals surface area (Å²) in [5.74, 6) is 0. The molecular weight excluding hydrogens is 633 g/mol. The molecule has 0 saturated heterocycles. The molecule has 11 rings (SSSR count). The summed E-state index contributed by atoms with van der Waals surface area (Å²) in [5.41, 5.74) is 12.9. The Morgan fingerprint density at radius 2 is 0.596 bits per heavy atom. The number of pyridine rings is 2. The summed E-state index contributed by atoms with van der Waals surface area (Å²) < 4.78 is 4.69. The van der Waals surface area contributed by atoms with Crippen molar-refractivity contribution in [2.75, 3.05) is 0 Å². The Labute approximate surface area is 299 Å². The van der Waals surface area contributed by atoms with Gasteiger partial charge in [-0.05, 0) is 60.7 Å². The maximum Gasteiger partial charge on any atom is 0.0972 e. The fourth-order valence-electron chi connectivity index (χ4n) is 8.05. The van der Waals surface area contributed by atoms with Gasteiger partial charge in [-0.25, -0.2) is 9.97 Å². The molecule has 0 aliphatic heterocycles. The Balaban J connectivity index is 0.973. The Morgan fingerprint density at radius 3 is 0.942 bits per heavy atom. The predicted octanol–water partition coefficient (Wildman–Crippen LogP) is 12.3. The molecule has 242 valence electrons. The molecule has 0 amide bonds. The number of hydrogen-bond acceptors (Lipinski definition) is 2. The average Bonchev–Trinajstić information content (AvgIpc) is 3.74. The lowest BCUT2D eigenvalue weighted by Gasteiger charge is -2.11. The van der Waals surface area contributed by atoms with E-state index in [0.717, 1.165) is 55.7 Å².